The van der Waals surface area contributed by atoms with E-state index in [1.54, 1.807) is 6.92 Å². The van der Waals surface area contributed by atoms with E-state index in [9.17, 15) is 22.0 Å². The Morgan fingerprint density at radius 3 is 2.53 bits per heavy atom. The molecule has 0 saturated heterocycles. The molecule has 0 spiro atoms. The molecule has 0 radical (unpaired) electrons. The largest absolute Gasteiger partial charge is 0.477 e. The molecule has 0 aliphatic carbocycles. The average molecular weight is 313 g/mol. The van der Waals surface area contributed by atoms with Crippen molar-refractivity contribution < 1.29 is 27.1 Å². The van der Waals surface area contributed by atoms with E-state index in [-0.39, 0.29) is 15.6 Å². The van der Waals surface area contributed by atoms with Crippen molar-refractivity contribution in [3.63, 3.8) is 0 Å². The standard InChI is InChI=1S/C10H13F2NO4S2/c1-2-5-13(6-8(11)12)19(16,17)9-4-3-7(18-9)10(14)15/h3-4,8H,2,5-6H2,1H3,(H,14,15). The maximum absolute atomic E-state index is 12.4. The Morgan fingerprint density at radius 1 is 1.47 bits per heavy atom. The number of halogens is 2. The van der Waals surface area contributed by atoms with Crippen LogP contribution in [0.4, 0.5) is 8.78 Å². The van der Waals surface area contributed by atoms with E-state index < -0.39 is 29.0 Å². The van der Waals surface area contributed by atoms with Crippen molar-refractivity contribution in [2.24, 2.45) is 0 Å². The van der Waals surface area contributed by atoms with Gasteiger partial charge in [0.2, 0.25) is 0 Å². The fourth-order valence-electron chi connectivity index (χ4n) is 1.41. The highest BCUT2D eigenvalue weighted by Crippen LogP contribution is 2.25. The van der Waals surface area contributed by atoms with E-state index in [4.69, 9.17) is 5.11 Å². The first kappa shape index (κ1) is 16.0. The van der Waals surface area contributed by atoms with E-state index in [0.717, 1.165) is 12.1 Å². The summed E-state index contributed by atoms with van der Waals surface area (Å²) in [4.78, 5) is 10.6. The summed E-state index contributed by atoms with van der Waals surface area (Å²) in [6, 6.07) is 2.27. The summed E-state index contributed by atoms with van der Waals surface area (Å²) in [7, 11) is -4.06. The number of sulfonamides is 1. The molecule has 1 N–H and O–H groups in total. The Labute approximate surface area is 113 Å². The zero-order valence-corrected chi connectivity index (χ0v) is 11.7. The fraction of sp³-hybridized carbons (Fsp3) is 0.500. The lowest BCUT2D eigenvalue weighted by Gasteiger charge is -2.20. The number of alkyl halides is 2. The summed E-state index contributed by atoms with van der Waals surface area (Å²) in [6.45, 7) is 0.745. The van der Waals surface area contributed by atoms with E-state index in [2.05, 4.69) is 0 Å². The Kier molecular flexibility index (Phi) is 5.39. The number of nitrogens with zero attached hydrogens (tertiary/aromatic N) is 1. The molecule has 0 atom stereocenters. The van der Waals surface area contributed by atoms with Gasteiger partial charge < -0.3 is 5.11 Å². The molecule has 19 heavy (non-hydrogen) atoms. The highest BCUT2D eigenvalue weighted by molar-refractivity contribution is 7.91. The van der Waals surface area contributed by atoms with Crippen LogP contribution in [-0.4, -0.2) is 43.3 Å². The monoisotopic (exact) mass is 313 g/mol. The highest BCUT2D eigenvalue weighted by atomic mass is 32.2. The maximum atomic E-state index is 12.4. The number of thiophene rings is 1. The summed E-state index contributed by atoms with van der Waals surface area (Å²) >= 11 is 0.555. The maximum Gasteiger partial charge on any atom is 0.345 e. The molecule has 9 heteroatoms. The second-order valence-corrected chi connectivity index (χ2v) is 6.93. The number of carbonyl (C=O) groups is 1. The number of hydrogen-bond donors (Lipinski definition) is 1. The Bertz CT molecular complexity index is 541. The third-order valence-electron chi connectivity index (χ3n) is 2.20. The topological polar surface area (TPSA) is 74.7 Å². The first-order chi connectivity index (χ1) is 8.78. The molecule has 1 aromatic rings. The third kappa shape index (κ3) is 3.95. The van der Waals surface area contributed by atoms with Crippen molar-refractivity contribution in [2.75, 3.05) is 13.1 Å². The Morgan fingerprint density at radius 2 is 2.11 bits per heavy atom. The molecule has 0 fully saturated rings. The van der Waals surface area contributed by atoms with Gasteiger partial charge in [-0.25, -0.2) is 22.0 Å². The van der Waals surface area contributed by atoms with Crippen molar-refractivity contribution in [3.8, 4) is 0 Å². The van der Waals surface area contributed by atoms with E-state index >= 15 is 0 Å². The molecule has 0 unspecified atom stereocenters. The van der Waals surface area contributed by atoms with E-state index in [1.807, 2.05) is 0 Å². The summed E-state index contributed by atoms with van der Waals surface area (Å²) in [5, 5.41) is 8.73. The minimum atomic E-state index is -4.06. The van der Waals surface area contributed by atoms with Crippen LogP contribution >= 0.6 is 11.3 Å². The van der Waals surface area contributed by atoms with Gasteiger partial charge in [-0.15, -0.1) is 11.3 Å². The smallest absolute Gasteiger partial charge is 0.345 e. The van der Waals surface area contributed by atoms with Crippen LogP contribution in [0, 0.1) is 0 Å². The lowest BCUT2D eigenvalue weighted by molar-refractivity contribution is 0.0702. The van der Waals surface area contributed by atoms with Crippen LogP contribution in [0.2, 0.25) is 0 Å². The van der Waals surface area contributed by atoms with Gasteiger partial charge in [0.15, 0.2) is 0 Å². The van der Waals surface area contributed by atoms with Crippen LogP contribution in [0.25, 0.3) is 0 Å². The lowest BCUT2D eigenvalue weighted by atomic mass is 10.5. The van der Waals surface area contributed by atoms with Gasteiger partial charge >= 0.3 is 5.97 Å². The quantitative estimate of drug-likeness (QED) is 0.836. The number of carboxylic acids is 1. The van der Waals surface area contributed by atoms with E-state index in [0.29, 0.717) is 22.1 Å². The van der Waals surface area contributed by atoms with Crippen LogP contribution in [-0.2, 0) is 10.0 Å². The van der Waals surface area contributed by atoms with Crippen LogP contribution < -0.4 is 0 Å². The van der Waals surface area contributed by atoms with Crippen molar-refractivity contribution in [2.45, 2.75) is 24.0 Å². The van der Waals surface area contributed by atoms with Crippen LogP contribution in [0.5, 0.6) is 0 Å². The Balaban J connectivity index is 3.07. The van der Waals surface area contributed by atoms with Gasteiger partial charge in [-0.3, -0.25) is 0 Å². The minimum Gasteiger partial charge on any atom is -0.477 e. The van der Waals surface area contributed by atoms with Crippen LogP contribution in [0.3, 0.4) is 0 Å². The number of hydrogen-bond acceptors (Lipinski definition) is 4. The molecule has 0 aliphatic heterocycles. The molecule has 108 valence electrons. The first-order valence-electron chi connectivity index (χ1n) is 5.40. The SMILES string of the molecule is CCCN(CC(F)F)S(=O)(=O)c1ccc(C(=O)O)s1. The van der Waals surface area contributed by atoms with Gasteiger partial charge in [-0.2, -0.15) is 4.31 Å². The first-order valence-corrected chi connectivity index (χ1v) is 7.66. The molecule has 1 heterocycles. The summed E-state index contributed by atoms with van der Waals surface area (Å²) < 4.78 is 49.4. The number of aromatic carboxylic acids is 1. The van der Waals surface area contributed by atoms with Crippen molar-refractivity contribution in [1.82, 2.24) is 4.31 Å². The number of carboxylic acid groups (broad SMARTS) is 1. The van der Waals surface area contributed by atoms with Crippen LogP contribution in [0.15, 0.2) is 16.3 Å². The van der Waals surface area contributed by atoms with Crippen molar-refractivity contribution >= 4 is 27.3 Å². The molecule has 0 amide bonds. The average Bonchev–Trinajstić information content (AvgIpc) is 2.77. The summed E-state index contributed by atoms with van der Waals surface area (Å²) in [5.41, 5.74) is 0. The van der Waals surface area contributed by atoms with Gasteiger partial charge in [0.05, 0.1) is 6.54 Å². The predicted octanol–water partition coefficient (Wildman–Crippen LogP) is 2.11. The normalized spacial score (nSPS) is 12.3. The molecular formula is C10H13F2NO4S2. The van der Waals surface area contributed by atoms with Gasteiger partial charge in [-0.05, 0) is 18.6 Å². The molecule has 1 aromatic heterocycles. The molecule has 0 aliphatic rings. The zero-order valence-electron chi connectivity index (χ0n) is 10.0. The lowest BCUT2D eigenvalue weighted by Crippen LogP contribution is -2.35. The highest BCUT2D eigenvalue weighted by Gasteiger charge is 2.28. The number of rotatable bonds is 7. The van der Waals surface area contributed by atoms with Crippen molar-refractivity contribution in [3.05, 3.63) is 17.0 Å². The minimum absolute atomic E-state index is 0.0347. The molecule has 0 bridgehead atoms. The van der Waals surface area contributed by atoms with Gasteiger partial charge in [-0.1, -0.05) is 6.92 Å². The predicted molar refractivity (Wildman–Crippen MR) is 66.3 cm³/mol. The molecule has 0 aromatic carbocycles. The zero-order chi connectivity index (χ0) is 14.6. The molecular weight excluding hydrogens is 300 g/mol. The van der Waals surface area contributed by atoms with Gasteiger partial charge in [0, 0.05) is 6.54 Å². The fourth-order valence-corrected chi connectivity index (χ4v) is 4.22. The second-order valence-electron chi connectivity index (χ2n) is 3.68. The van der Waals surface area contributed by atoms with E-state index in [1.165, 1.54) is 0 Å². The molecule has 0 saturated carbocycles. The summed E-state index contributed by atoms with van der Waals surface area (Å²) in [5.74, 6) is -1.25. The third-order valence-corrected chi connectivity index (χ3v) is 5.61. The van der Waals surface area contributed by atoms with Gasteiger partial charge in [0.1, 0.15) is 9.09 Å². The van der Waals surface area contributed by atoms with Crippen molar-refractivity contribution in [1.29, 1.82) is 0 Å². The van der Waals surface area contributed by atoms with Crippen LogP contribution in [0.1, 0.15) is 23.0 Å². The van der Waals surface area contributed by atoms with Gasteiger partial charge in [0.25, 0.3) is 16.4 Å². The summed E-state index contributed by atoms with van der Waals surface area (Å²) in [6.07, 6.45) is -2.39. The Hall–Kier alpha value is -1.06. The second kappa shape index (κ2) is 6.40. The molecule has 5 nitrogen and oxygen atoms in total. The molecule has 1 rings (SSSR count).